The van der Waals surface area contributed by atoms with E-state index in [1.165, 1.54) is 6.07 Å². The smallest absolute Gasteiger partial charge is 0.262 e. The molecule has 1 atom stereocenters. The first-order valence-corrected chi connectivity index (χ1v) is 6.94. The Bertz CT molecular complexity index is 779. The van der Waals surface area contributed by atoms with E-state index in [1.807, 2.05) is 12.1 Å². The zero-order chi connectivity index (χ0) is 15.7. The number of nitrogens with one attached hydrogen (secondary N) is 3. The van der Waals surface area contributed by atoms with Crippen LogP contribution in [0.1, 0.15) is 12.0 Å². The summed E-state index contributed by atoms with van der Waals surface area (Å²) in [6.45, 7) is -0.369. The highest BCUT2D eigenvalue weighted by Gasteiger charge is 2.42. The molecule has 1 amide bonds. The van der Waals surface area contributed by atoms with Crippen molar-refractivity contribution in [2.75, 3.05) is 6.54 Å². The minimum Gasteiger partial charge on any atom is -0.351 e. The van der Waals surface area contributed by atoms with E-state index in [0.717, 1.165) is 5.39 Å². The number of fused-ring (bicyclic) bond motifs is 1. The SMILES string of the molecule is Cl.O=C(NCc1cc(=O)[nH]c2ccccc12)C1CC(F)(F)CN1. The van der Waals surface area contributed by atoms with Gasteiger partial charge in [0.1, 0.15) is 0 Å². The number of amides is 1. The van der Waals surface area contributed by atoms with Crippen molar-refractivity contribution < 1.29 is 13.6 Å². The summed E-state index contributed by atoms with van der Waals surface area (Å²) in [7, 11) is 0. The van der Waals surface area contributed by atoms with Crippen molar-refractivity contribution in [1.82, 2.24) is 15.6 Å². The van der Waals surface area contributed by atoms with Crippen LogP contribution in [0.25, 0.3) is 10.9 Å². The van der Waals surface area contributed by atoms with Crippen molar-refractivity contribution in [1.29, 1.82) is 0 Å². The third-order valence-corrected chi connectivity index (χ3v) is 3.72. The van der Waals surface area contributed by atoms with Gasteiger partial charge in [0.2, 0.25) is 11.5 Å². The summed E-state index contributed by atoms with van der Waals surface area (Å²) in [4.78, 5) is 26.2. The van der Waals surface area contributed by atoms with E-state index in [2.05, 4.69) is 15.6 Å². The molecule has 2 aromatic rings. The van der Waals surface area contributed by atoms with Gasteiger partial charge in [0, 0.05) is 29.9 Å². The maximum atomic E-state index is 13.1. The fourth-order valence-corrected chi connectivity index (χ4v) is 2.63. The Morgan fingerprint density at radius 3 is 2.78 bits per heavy atom. The monoisotopic (exact) mass is 343 g/mol. The number of rotatable bonds is 3. The zero-order valence-corrected chi connectivity index (χ0v) is 12.9. The summed E-state index contributed by atoms with van der Waals surface area (Å²) in [6, 6.07) is 7.72. The highest BCUT2D eigenvalue weighted by atomic mass is 35.5. The Balaban J connectivity index is 0.00000192. The van der Waals surface area contributed by atoms with Crippen molar-refractivity contribution in [2.45, 2.75) is 24.9 Å². The molecule has 0 aliphatic carbocycles. The van der Waals surface area contributed by atoms with Crippen LogP contribution in [0.5, 0.6) is 0 Å². The van der Waals surface area contributed by atoms with Gasteiger partial charge in [-0.3, -0.25) is 14.9 Å². The standard InChI is InChI=1S/C15H15F2N3O2.ClH/c16-15(17)6-12(19-8-15)14(22)18-7-9-5-13(21)20-11-4-2-1-3-10(9)11;/h1-5,12,19H,6-8H2,(H,18,22)(H,20,21);1H. The molecule has 3 rings (SSSR count). The molecule has 1 aromatic carbocycles. The molecule has 1 aromatic heterocycles. The molecule has 8 heteroatoms. The molecule has 23 heavy (non-hydrogen) atoms. The van der Waals surface area contributed by atoms with Gasteiger partial charge in [0.25, 0.3) is 5.92 Å². The number of benzene rings is 1. The van der Waals surface area contributed by atoms with Crippen molar-refractivity contribution in [3.05, 3.63) is 46.2 Å². The van der Waals surface area contributed by atoms with E-state index in [4.69, 9.17) is 0 Å². The highest BCUT2D eigenvalue weighted by molar-refractivity contribution is 5.85. The van der Waals surface area contributed by atoms with Crippen LogP contribution < -0.4 is 16.2 Å². The Morgan fingerprint density at radius 1 is 1.35 bits per heavy atom. The van der Waals surface area contributed by atoms with Crippen LogP contribution in [0, 0.1) is 0 Å². The van der Waals surface area contributed by atoms with Gasteiger partial charge >= 0.3 is 0 Å². The molecule has 0 radical (unpaired) electrons. The molecule has 1 unspecified atom stereocenters. The lowest BCUT2D eigenvalue weighted by molar-refractivity contribution is -0.123. The number of hydrogen-bond donors (Lipinski definition) is 3. The Hall–Kier alpha value is -1.99. The first-order chi connectivity index (χ1) is 10.4. The maximum absolute atomic E-state index is 13.1. The molecule has 5 nitrogen and oxygen atoms in total. The topological polar surface area (TPSA) is 74.0 Å². The molecule has 1 fully saturated rings. The minimum absolute atomic E-state index is 0. The summed E-state index contributed by atoms with van der Waals surface area (Å²) in [5.74, 6) is -3.33. The fourth-order valence-electron chi connectivity index (χ4n) is 2.63. The van der Waals surface area contributed by atoms with Gasteiger partial charge in [0.15, 0.2) is 0 Å². The second kappa shape index (κ2) is 6.64. The number of alkyl halides is 2. The molecule has 3 N–H and O–H groups in total. The van der Waals surface area contributed by atoms with Crippen molar-refractivity contribution >= 4 is 29.2 Å². The number of H-pyrrole nitrogens is 1. The lowest BCUT2D eigenvalue weighted by Gasteiger charge is -2.12. The van der Waals surface area contributed by atoms with Crippen LogP contribution in [0.2, 0.25) is 0 Å². The van der Waals surface area contributed by atoms with Crippen LogP contribution in [0.4, 0.5) is 8.78 Å². The van der Waals surface area contributed by atoms with Crippen LogP contribution in [0.3, 0.4) is 0 Å². The van der Waals surface area contributed by atoms with Gasteiger partial charge in [-0.1, -0.05) is 18.2 Å². The third kappa shape index (κ3) is 3.86. The van der Waals surface area contributed by atoms with Gasteiger partial charge in [-0.15, -0.1) is 12.4 Å². The lowest BCUT2D eigenvalue weighted by atomic mass is 10.1. The zero-order valence-electron chi connectivity index (χ0n) is 12.1. The summed E-state index contributed by atoms with van der Waals surface area (Å²) in [5, 5.41) is 5.92. The number of aromatic nitrogens is 1. The molecular formula is C15H16ClF2N3O2. The fraction of sp³-hybridized carbons (Fsp3) is 0.333. The molecule has 1 aliphatic rings. The molecule has 2 heterocycles. The number of halogens is 3. The largest absolute Gasteiger partial charge is 0.351 e. The average molecular weight is 344 g/mol. The molecular weight excluding hydrogens is 328 g/mol. The van der Waals surface area contributed by atoms with Gasteiger partial charge in [-0.2, -0.15) is 0 Å². The third-order valence-electron chi connectivity index (χ3n) is 3.72. The number of carbonyl (C=O) groups is 1. The Kier molecular flexibility index (Phi) is 5.01. The molecule has 1 saturated heterocycles. The Labute approximate surface area is 136 Å². The maximum Gasteiger partial charge on any atom is 0.262 e. The van der Waals surface area contributed by atoms with Gasteiger partial charge in [-0.25, -0.2) is 8.78 Å². The predicted molar refractivity (Wildman–Crippen MR) is 85.0 cm³/mol. The summed E-state index contributed by atoms with van der Waals surface area (Å²) in [5.41, 5.74) is 1.05. The molecule has 0 spiro atoms. The molecule has 124 valence electrons. The average Bonchev–Trinajstić information content (AvgIpc) is 2.84. The predicted octanol–water partition coefficient (Wildman–Crippen LogP) is 1.56. The molecule has 1 aliphatic heterocycles. The van der Waals surface area contributed by atoms with Crippen LogP contribution in [-0.2, 0) is 11.3 Å². The lowest BCUT2D eigenvalue weighted by Crippen LogP contribution is -2.40. The van der Waals surface area contributed by atoms with Crippen LogP contribution >= 0.6 is 12.4 Å². The van der Waals surface area contributed by atoms with Crippen molar-refractivity contribution in [3.8, 4) is 0 Å². The number of aromatic amines is 1. The minimum atomic E-state index is -2.85. The number of carbonyl (C=O) groups excluding carboxylic acids is 1. The van der Waals surface area contributed by atoms with Crippen molar-refractivity contribution in [2.24, 2.45) is 0 Å². The van der Waals surface area contributed by atoms with E-state index in [-0.39, 0.29) is 24.5 Å². The summed E-state index contributed by atoms with van der Waals surface area (Å²) < 4.78 is 26.2. The van der Waals surface area contributed by atoms with E-state index in [9.17, 15) is 18.4 Å². The highest BCUT2D eigenvalue weighted by Crippen LogP contribution is 2.25. The molecule has 0 saturated carbocycles. The molecule has 0 bridgehead atoms. The van der Waals surface area contributed by atoms with Crippen molar-refractivity contribution in [3.63, 3.8) is 0 Å². The second-order valence-electron chi connectivity index (χ2n) is 5.42. The Morgan fingerprint density at radius 2 is 2.09 bits per heavy atom. The van der Waals surface area contributed by atoms with Crippen LogP contribution in [-0.4, -0.2) is 29.4 Å². The van der Waals surface area contributed by atoms with E-state index < -0.39 is 30.8 Å². The second-order valence-corrected chi connectivity index (χ2v) is 5.42. The summed E-state index contributed by atoms with van der Waals surface area (Å²) in [6.07, 6.45) is -0.505. The first-order valence-electron chi connectivity index (χ1n) is 6.94. The van der Waals surface area contributed by atoms with Crippen LogP contribution in [0.15, 0.2) is 35.1 Å². The number of para-hydroxylation sites is 1. The van der Waals surface area contributed by atoms with E-state index >= 15 is 0 Å². The summed E-state index contributed by atoms with van der Waals surface area (Å²) >= 11 is 0. The van der Waals surface area contributed by atoms with Gasteiger partial charge < -0.3 is 10.3 Å². The number of pyridine rings is 1. The van der Waals surface area contributed by atoms with E-state index in [0.29, 0.717) is 11.1 Å². The number of hydrogen-bond acceptors (Lipinski definition) is 3. The first kappa shape index (κ1) is 17.4. The quantitative estimate of drug-likeness (QED) is 0.792. The van der Waals surface area contributed by atoms with Gasteiger partial charge in [-0.05, 0) is 11.6 Å². The van der Waals surface area contributed by atoms with Gasteiger partial charge in [0.05, 0.1) is 12.6 Å². The van der Waals surface area contributed by atoms with E-state index in [1.54, 1.807) is 12.1 Å². The normalized spacial score (nSPS) is 19.3.